The van der Waals surface area contributed by atoms with Crippen molar-refractivity contribution >= 4 is 5.91 Å². The van der Waals surface area contributed by atoms with Crippen LogP contribution < -0.4 is 10.6 Å². The molecule has 5 heteroatoms. The summed E-state index contributed by atoms with van der Waals surface area (Å²) >= 11 is 0. The van der Waals surface area contributed by atoms with Gasteiger partial charge in [0.15, 0.2) is 0 Å². The molecule has 1 amide bonds. The maximum atomic E-state index is 11.2. The molecule has 1 aromatic rings. The van der Waals surface area contributed by atoms with Gasteiger partial charge < -0.3 is 15.7 Å². The number of pyridine rings is 1. The number of aromatic hydroxyl groups is 1. The molecule has 0 saturated carbocycles. The van der Waals surface area contributed by atoms with Gasteiger partial charge in [0.25, 0.3) is 0 Å². The topological polar surface area (TPSA) is 74.2 Å². The Morgan fingerprint density at radius 2 is 2.18 bits per heavy atom. The van der Waals surface area contributed by atoms with Crippen molar-refractivity contribution in [3.05, 3.63) is 24.0 Å². The average molecular weight is 237 g/mol. The van der Waals surface area contributed by atoms with Gasteiger partial charge >= 0.3 is 0 Å². The van der Waals surface area contributed by atoms with Gasteiger partial charge in [0.1, 0.15) is 5.75 Å². The highest BCUT2D eigenvalue weighted by Crippen LogP contribution is 2.05. The SMILES string of the molecule is CC(C)C(=O)NCCNCc1ccc(O)cn1. The van der Waals surface area contributed by atoms with E-state index in [9.17, 15) is 4.79 Å². The number of nitrogens with one attached hydrogen (secondary N) is 2. The summed E-state index contributed by atoms with van der Waals surface area (Å²) < 4.78 is 0. The fourth-order valence-electron chi connectivity index (χ4n) is 1.22. The Hall–Kier alpha value is -1.62. The average Bonchev–Trinajstić information content (AvgIpc) is 2.30. The Balaban J connectivity index is 2.12. The molecule has 1 rings (SSSR count). The number of hydrogen-bond acceptors (Lipinski definition) is 4. The highest BCUT2D eigenvalue weighted by atomic mass is 16.3. The van der Waals surface area contributed by atoms with Crippen LogP contribution in [0.5, 0.6) is 5.75 Å². The number of aromatic nitrogens is 1. The molecule has 0 saturated heterocycles. The summed E-state index contributed by atoms with van der Waals surface area (Å²) in [5, 5.41) is 15.0. The standard InChI is InChI=1S/C12H19N3O2/c1-9(2)12(17)14-6-5-13-7-10-3-4-11(16)8-15-10/h3-4,8-9,13,16H,5-7H2,1-2H3,(H,14,17). The Morgan fingerprint density at radius 3 is 2.76 bits per heavy atom. The van der Waals surface area contributed by atoms with Gasteiger partial charge in [-0.2, -0.15) is 0 Å². The molecule has 0 aromatic carbocycles. The minimum atomic E-state index is 0.0220. The predicted octanol–water partition coefficient (Wildman–Crippen LogP) is 0.649. The van der Waals surface area contributed by atoms with Gasteiger partial charge in [0.05, 0.1) is 11.9 Å². The predicted molar refractivity (Wildman–Crippen MR) is 65.5 cm³/mol. The van der Waals surface area contributed by atoms with Crippen LogP contribution in [0, 0.1) is 5.92 Å². The molecular formula is C12H19N3O2. The molecule has 0 aliphatic rings. The first-order valence-corrected chi connectivity index (χ1v) is 5.72. The second-order valence-electron chi connectivity index (χ2n) is 4.13. The number of hydrogen-bond donors (Lipinski definition) is 3. The first-order chi connectivity index (χ1) is 8.09. The quantitative estimate of drug-likeness (QED) is 0.635. The lowest BCUT2D eigenvalue weighted by atomic mass is 10.2. The van der Waals surface area contributed by atoms with Crippen molar-refractivity contribution in [2.24, 2.45) is 5.92 Å². The zero-order valence-electron chi connectivity index (χ0n) is 10.2. The molecular weight excluding hydrogens is 218 g/mol. The summed E-state index contributed by atoms with van der Waals surface area (Å²) in [5.74, 6) is 0.251. The zero-order valence-corrected chi connectivity index (χ0v) is 10.2. The van der Waals surface area contributed by atoms with Crippen molar-refractivity contribution in [3.8, 4) is 5.75 Å². The smallest absolute Gasteiger partial charge is 0.222 e. The van der Waals surface area contributed by atoms with Crippen LogP contribution in [0.4, 0.5) is 0 Å². The summed E-state index contributed by atoms with van der Waals surface area (Å²) in [5.41, 5.74) is 0.859. The summed E-state index contributed by atoms with van der Waals surface area (Å²) in [6, 6.07) is 3.36. The van der Waals surface area contributed by atoms with Crippen LogP contribution in [-0.2, 0) is 11.3 Å². The third-order valence-corrected chi connectivity index (χ3v) is 2.24. The molecule has 3 N–H and O–H groups in total. The lowest BCUT2D eigenvalue weighted by Gasteiger charge is -2.08. The Labute approximate surface area is 101 Å². The van der Waals surface area contributed by atoms with Crippen molar-refractivity contribution in [2.75, 3.05) is 13.1 Å². The van der Waals surface area contributed by atoms with E-state index < -0.39 is 0 Å². The molecule has 0 fully saturated rings. The fourth-order valence-corrected chi connectivity index (χ4v) is 1.22. The van der Waals surface area contributed by atoms with E-state index in [0.717, 1.165) is 5.69 Å². The van der Waals surface area contributed by atoms with E-state index in [1.165, 1.54) is 6.20 Å². The molecule has 0 radical (unpaired) electrons. The summed E-state index contributed by atoms with van der Waals surface area (Å²) in [6.45, 7) is 5.65. The molecule has 17 heavy (non-hydrogen) atoms. The van der Waals surface area contributed by atoms with E-state index in [4.69, 9.17) is 5.11 Å². The zero-order chi connectivity index (χ0) is 12.7. The molecule has 0 spiro atoms. The Bertz CT molecular complexity index is 349. The lowest BCUT2D eigenvalue weighted by Crippen LogP contribution is -2.34. The molecule has 1 aromatic heterocycles. The van der Waals surface area contributed by atoms with Crippen molar-refractivity contribution in [2.45, 2.75) is 20.4 Å². The van der Waals surface area contributed by atoms with Gasteiger partial charge in [-0.3, -0.25) is 9.78 Å². The maximum absolute atomic E-state index is 11.2. The normalized spacial score (nSPS) is 10.5. The minimum absolute atomic E-state index is 0.0220. The van der Waals surface area contributed by atoms with Crippen LogP contribution in [0.15, 0.2) is 18.3 Å². The second kappa shape index (κ2) is 6.85. The first-order valence-electron chi connectivity index (χ1n) is 5.72. The molecule has 0 bridgehead atoms. The highest BCUT2D eigenvalue weighted by molar-refractivity contribution is 5.77. The summed E-state index contributed by atoms with van der Waals surface area (Å²) in [6.07, 6.45) is 1.41. The molecule has 0 aliphatic heterocycles. The second-order valence-corrected chi connectivity index (χ2v) is 4.13. The summed E-state index contributed by atoms with van der Waals surface area (Å²) in [7, 11) is 0. The van der Waals surface area contributed by atoms with Crippen LogP contribution in [0.3, 0.4) is 0 Å². The fraction of sp³-hybridized carbons (Fsp3) is 0.500. The number of amides is 1. The monoisotopic (exact) mass is 237 g/mol. The molecule has 0 aliphatic carbocycles. The first kappa shape index (κ1) is 13.4. The summed E-state index contributed by atoms with van der Waals surface area (Å²) in [4.78, 5) is 15.3. The van der Waals surface area contributed by atoms with Crippen LogP contribution >= 0.6 is 0 Å². The van der Waals surface area contributed by atoms with Crippen LogP contribution in [-0.4, -0.2) is 29.1 Å². The van der Waals surface area contributed by atoms with Crippen LogP contribution in [0.1, 0.15) is 19.5 Å². The van der Waals surface area contributed by atoms with Crippen LogP contribution in [0.25, 0.3) is 0 Å². The van der Waals surface area contributed by atoms with Crippen molar-refractivity contribution in [1.29, 1.82) is 0 Å². The van der Waals surface area contributed by atoms with Crippen molar-refractivity contribution in [3.63, 3.8) is 0 Å². The number of rotatable bonds is 6. The number of carbonyl (C=O) groups excluding carboxylic acids is 1. The largest absolute Gasteiger partial charge is 0.506 e. The third kappa shape index (κ3) is 5.31. The van der Waals surface area contributed by atoms with E-state index in [1.54, 1.807) is 12.1 Å². The molecule has 0 unspecified atom stereocenters. The molecule has 94 valence electrons. The number of nitrogens with zero attached hydrogens (tertiary/aromatic N) is 1. The molecule has 0 atom stereocenters. The molecule has 5 nitrogen and oxygen atoms in total. The van der Waals surface area contributed by atoms with E-state index >= 15 is 0 Å². The Morgan fingerprint density at radius 1 is 1.41 bits per heavy atom. The van der Waals surface area contributed by atoms with Gasteiger partial charge in [0, 0.05) is 25.6 Å². The van der Waals surface area contributed by atoms with Gasteiger partial charge in [-0.25, -0.2) is 0 Å². The van der Waals surface area contributed by atoms with E-state index in [2.05, 4.69) is 15.6 Å². The molecule has 1 heterocycles. The van der Waals surface area contributed by atoms with Gasteiger partial charge in [-0.15, -0.1) is 0 Å². The van der Waals surface area contributed by atoms with E-state index in [-0.39, 0.29) is 17.6 Å². The van der Waals surface area contributed by atoms with E-state index in [0.29, 0.717) is 19.6 Å². The van der Waals surface area contributed by atoms with Gasteiger partial charge in [-0.1, -0.05) is 13.8 Å². The minimum Gasteiger partial charge on any atom is -0.506 e. The maximum Gasteiger partial charge on any atom is 0.222 e. The highest BCUT2D eigenvalue weighted by Gasteiger charge is 2.04. The van der Waals surface area contributed by atoms with Crippen LogP contribution in [0.2, 0.25) is 0 Å². The van der Waals surface area contributed by atoms with Crippen molar-refractivity contribution in [1.82, 2.24) is 15.6 Å². The van der Waals surface area contributed by atoms with Crippen molar-refractivity contribution < 1.29 is 9.90 Å². The van der Waals surface area contributed by atoms with Gasteiger partial charge in [-0.05, 0) is 12.1 Å². The lowest BCUT2D eigenvalue weighted by molar-refractivity contribution is -0.123. The van der Waals surface area contributed by atoms with Gasteiger partial charge in [0.2, 0.25) is 5.91 Å². The third-order valence-electron chi connectivity index (χ3n) is 2.24. The Kier molecular flexibility index (Phi) is 5.42. The van der Waals surface area contributed by atoms with E-state index in [1.807, 2.05) is 13.8 Å². The number of carbonyl (C=O) groups is 1.